The number of hydrogen-bond donors (Lipinski definition) is 0. The van der Waals surface area contributed by atoms with Crippen LogP contribution in [-0.2, 0) is 27.2 Å². The molecule has 0 saturated carbocycles. The molecule has 184 valence electrons. The minimum absolute atomic E-state index is 0.249. The lowest BCUT2D eigenvalue weighted by Crippen LogP contribution is -2.28. The molecule has 0 fully saturated rings. The number of carbonyl (C=O) groups excluding carboxylic acids is 1. The Hall–Kier alpha value is -3.45. The molecular formula is C28H31FN2O4. The summed E-state index contributed by atoms with van der Waals surface area (Å²) in [6.45, 7) is 10.7. The van der Waals surface area contributed by atoms with Crippen LogP contribution in [-0.4, -0.2) is 34.8 Å². The molecule has 0 aliphatic rings. The number of halogens is 1. The molecule has 6 nitrogen and oxygen atoms in total. The van der Waals surface area contributed by atoms with Gasteiger partial charge in [-0.3, -0.25) is 0 Å². The summed E-state index contributed by atoms with van der Waals surface area (Å²) in [5, 5.41) is 1.08. The van der Waals surface area contributed by atoms with E-state index in [0.29, 0.717) is 37.6 Å². The standard InChI is InChI=1S/C28H31FN2O4/c1-6-33-26(28(32)34-7-2)15-20-8-11-25-22(14-20)13-18(4)31(25)16-24-19(5)35-27(30-24)21-9-10-23(29)17(3)12-21/h8-14,26H,6-7,15-16H2,1-5H3. The quantitative estimate of drug-likeness (QED) is 0.279. The first-order valence-corrected chi connectivity index (χ1v) is 11.9. The second-order valence-electron chi connectivity index (χ2n) is 8.65. The maximum atomic E-state index is 13.7. The molecule has 4 aromatic rings. The Morgan fingerprint density at radius 1 is 1.09 bits per heavy atom. The Labute approximate surface area is 204 Å². The molecule has 2 heterocycles. The lowest BCUT2D eigenvalue weighted by Gasteiger charge is -2.15. The van der Waals surface area contributed by atoms with Crippen molar-refractivity contribution < 1.29 is 23.1 Å². The van der Waals surface area contributed by atoms with Crippen LogP contribution in [0.25, 0.3) is 22.4 Å². The van der Waals surface area contributed by atoms with Crippen molar-refractivity contribution in [2.45, 2.75) is 53.7 Å². The van der Waals surface area contributed by atoms with Crippen LogP contribution in [0.3, 0.4) is 0 Å². The SMILES string of the molecule is CCOC(=O)C(Cc1ccc2c(c1)cc(C)n2Cc1nc(-c2ccc(F)c(C)c2)oc1C)OCC. The van der Waals surface area contributed by atoms with E-state index in [1.165, 1.54) is 6.07 Å². The molecule has 1 unspecified atom stereocenters. The molecule has 7 heteroatoms. The summed E-state index contributed by atoms with van der Waals surface area (Å²) in [5.41, 5.74) is 5.29. The fourth-order valence-corrected chi connectivity index (χ4v) is 4.28. The second-order valence-corrected chi connectivity index (χ2v) is 8.65. The van der Waals surface area contributed by atoms with Crippen LogP contribution >= 0.6 is 0 Å². The van der Waals surface area contributed by atoms with Crippen molar-refractivity contribution in [3.8, 4) is 11.5 Å². The van der Waals surface area contributed by atoms with Gasteiger partial charge in [-0.15, -0.1) is 0 Å². The Morgan fingerprint density at radius 3 is 2.60 bits per heavy atom. The van der Waals surface area contributed by atoms with Gasteiger partial charge in [0.05, 0.1) is 13.2 Å². The largest absolute Gasteiger partial charge is 0.464 e. The van der Waals surface area contributed by atoms with Gasteiger partial charge in [0, 0.05) is 35.2 Å². The van der Waals surface area contributed by atoms with Crippen molar-refractivity contribution in [2.75, 3.05) is 13.2 Å². The van der Waals surface area contributed by atoms with Gasteiger partial charge in [0.1, 0.15) is 17.3 Å². The van der Waals surface area contributed by atoms with E-state index >= 15 is 0 Å². The molecule has 2 aromatic carbocycles. The van der Waals surface area contributed by atoms with Crippen molar-refractivity contribution in [2.24, 2.45) is 0 Å². The fourth-order valence-electron chi connectivity index (χ4n) is 4.28. The van der Waals surface area contributed by atoms with Gasteiger partial charge in [0.2, 0.25) is 5.89 Å². The van der Waals surface area contributed by atoms with Gasteiger partial charge in [-0.2, -0.15) is 0 Å². The number of carbonyl (C=O) groups is 1. The summed E-state index contributed by atoms with van der Waals surface area (Å²) in [6.07, 6.45) is -0.165. The third kappa shape index (κ3) is 5.30. The summed E-state index contributed by atoms with van der Waals surface area (Å²) in [5.74, 6) is 0.629. The number of fused-ring (bicyclic) bond motifs is 1. The summed E-state index contributed by atoms with van der Waals surface area (Å²) in [4.78, 5) is 17.0. The number of esters is 1. The minimum Gasteiger partial charge on any atom is -0.464 e. The normalized spacial score (nSPS) is 12.3. The van der Waals surface area contributed by atoms with E-state index in [1.54, 1.807) is 26.0 Å². The Kier molecular flexibility index (Phi) is 7.36. The lowest BCUT2D eigenvalue weighted by molar-refractivity contribution is -0.156. The molecule has 0 spiro atoms. The van der Waals surface area contributed by atoms with Crippen LogP contribution in [0.2, 0.25) is 0 Å². The third-order valence-corrected chi connectivity index (χ3v) is 6.12. The number of oxazole rings is 1. The predicted molar refractivity (Wildman–Crippen MR) is 133 cm³/mol. The second kappa shape index (κ2) is 10.4. The fraction of sp³-hybridized carbons (Fsp3) is 0.357. The highest BCUT2D eigenvalue weighted by atomic mass is 19.1. The van der Waals surface area contributed by atoms with Crippen LogP contribution in [0, 0.1) is 26.6 Å². The number of ether oxygens (including phenoxy) is 2. The number of aryl methyl sites for hydroxylation is 3. The monoisotopic (exact) mass is 478 g/mol. The first-order chi connectivity index (χ1) is 16.8. The molecule has 0 amide bonds. The molecule has 0 bridgehead atoms. The first-order valence-electron chi connectivity index (χ1n) is 11.9. The van der Waals surface area contributed by atoms with Crippen molar-refractivity contribution in [3.05, 3.63) is 76.6 Å². The van der Waals surface area contributed by atoms with E-state index in [-0.39, 0.29) is 11.8 Å². The molecule has 0 N–H and O–H groups in total. The molecule has 1 atom stereocenters. The topological polar surface area (TPSA) is 66.5 Å². The number of rotatable bonds is 9. The molecule has 0 radical (unpaired) electrons. The maximum absolute atomic E-state index is 13.7. The van der Waals surface area contributed by atoms with Gasteiger partial charge >= 0.3 is 5.97 Å². The van der Waals surface area contributed by atoms with Crippen LogP contribution in [0.5, 0.6) is 0 Å². The van der Waals surface area contributed by atoms with Gasteiger partial charge in [0.15, 0.2) is 6.10 Å². The van der Waals surface area contributed by atoms with Crippen molar-refractivity contribution >= 4 is 16.9 Å². The van der Waals surface area contributed by atoms with E-state index in [1.807, 2.05) is 19.9 Å². The minimum atomic E-state index is -0.619. The van der Waals surface area contributed by atoms with Crippen molar-refractivity contribution in [1.29, 1.82) is 0 Å². The van der Waals surface area contributed by atoms with Crippen LogP contribution in [0.1, 0.15) is 42.1 Å². The van der Waals surface area contributed by atoms with E-state index in [0.717, 1.165) is 39.2 Å². The van der Waals surface area contributed by atoms with Crippen molar-refractivity contribution in [1.82, 2.24) is 9.55 Å². The van der Waals surface area contributed by atoms with E-state index in [9.17, 15) is 9.18 Å². The predicted octanol–water partition coefficient (Wildman–Crippen LogP) is 5.92. The van der Waals surface area contributed by atoms with Gasteiger partial charge in [-0.05, 0) is 82.1 Å². The number of hydrogen-bond acceptors (Lipinski definition) is 5. The maximum Gasteiger partial charge on any atom is 0.335 e. The highest BCUT2D eigenvalue weighted by Crippen LogP contribution is 2.27. The molecule has 0 saturated heterocycles. The third-order valence-electron chi connectivity index (χ3n) is 6.12. The molecule has 4 rings (SSSR count). The van der Waals surface area contributed by atoms with Gasteiger partial charge in [-0.1, -0.05) is 6.07 Å². The Bertz CT molecular complexity index is 1350. The summed E-state index contributed by atoms with van der Waals surface area (Å²) < 4.78 is 32.6. The summed E-state index contributed by atoms with van der Waals surface area (Å²) >= 11 is 0. The van der Waals surface area contributed by atoms with E-state index in [4.69, 9.17) is 18.9 Å². The Balaban J connectivity index is 1.59. The van der Waals surface area contributed by atoms with Crippen LogP contribution in [0.4, 0.5) is 4.39 Å². The highest BCUT2D eigenvalue weighted by molar-refractivity contribution is 5.82. The van der Waals surface area contributed by atoms with E-state index in [2.05, 4.69) is 29.7 Å². The van der Waals surface area contributed by atoms with Gasteiger partial charge in [-0.25, -0.2) is 14.2 Å². The molecule has 0 aliphatic carbocycles. The number of nitrogens with zero attached hydrogens (tertiary/aromatic N) is 2. The number of aromatic nitrogens is 2. The molecule has 35 heavy (non-hydrogen) atoms. The zero-order valence-corrected chi connectivity index (χ0v) is 20.9. The zero-order chi connectivity index (χ0) is 25.1. The van der Waals surface area contributed by atoms with Gasteiger partial charge in [0.25, 0.3) is 0 Å². The van der Waals surface area contributed by atoms with Gasteiger partial charge < -0.3 is 18.5 Å². The first kappa shape index (κ1) is 24.7. The Morgan fingerprint density at radius 2 is 1.89 bits per heavy atom. The molecule has 0 aliphatic heterocycles. The van der Waals surface area contributed by atoms with Crippen LogP contribution in [0.15, 0.2) is 46.9 Å². The van der Waals surface area contributed by atoms with Crippen LogP contribution < -0.4 is 0 Å². The van der Waals surface area contributed by atoms with E-state index < -0.39 is 6.10 Å². The summed E-state index contributed by atoms with van der Waals surface area (Å²) in [7, 11) is 0. The average Bonchev–Trinajstić information content (AvgIpc) is 3.34. The lowest BCUT2D eigenvalue weighted by atomic mass is 10.1. The average molecular weight is 479 g/mol. The molecule has 2 aromatic heterocycles. The number of benzene rings is 2. The van der Waals surface area contributed by atoms with Crippen molar-refractivity contribution in [3.63, 3.8) is 0 Å². The smallest absolute Gasteiger partial charge is 0.335 e. The summed E-state index contributed by atoms with van der Waals surface area (Å²) in [6, 6.07) is 13.2. The molecular weight excluding hydrogens is 447 g/mol. The zero-order valence-electron chi connectivity index (χ0n) is 20.9. The highest BCUT2D eigenvalue weighted by Gasteiger charge is 2.21.